The Hall–Kier alpha value is -1.18. The molecule has 0 aliphatic heterocycles. The van der Waals surface area contributed by atoms with Crippen LogP contribution in [0.25, 0.3) is 23.3 Å². The van der Waals surface area contributed by atoms with E-state index in [1.165, 1.54) is 108 Å². The van der Waals surface area contributed by atoms with Crippen molar-refractivity contribution < 1.29 is 15.6 Å². The van der Waals surface area contributed by atoms with Gasteiger partial charge in [-0.25, -0.2) is 0 Å². The van der Waals surface area contributed by atoms with Gasteiger partial charge in [-0.05, 0) is 0 Å². The van der Waals surface area contributed by atoms with Gasteiger partial charge in [0.1, 0.15) is 0 Å². The first-order chi connectivity index (χ1) is 23.0. The summed E-state index contributed by atoms with van der Waals surface area (Å²) >= 11 is -4.78. The minimum atomic E-state index is -4.78. The molecule has 0 saturated heterocycles. The molecule has 0 bridgehead atoms. The summed E-state index contributed by atoms with van der Waals surface area (Å²) in [6.07, 6.45) is 18.2. The van der Waals surface area contributed by atoms with E-state index in [9.17, 15) is 0 Å². The van der Waals surface area contributed by atoms with Gasteiger partial charge in [-0.2, -0.15) is 0 Å². The summed E-state index contributed by atoms with van der Waals surface area (Å²) in [5, 5.41) is 0. The predicted molar refractivity (Wildman–Crippen MR) is 212 cm³/mol. The summed E-state index contributed by atoms with van der Waals surface area (Å²) in [5.74, 6) is 1.06. The first-order valence-corrected chi connectivity index (χ1v) is 35.7. The van der Waals surface area contributed by atoms with Crippen molar-refractivity contribution in [2.24, 2.45) is 11.8 Å². The average molecular weight is 776 g/mol. The fourth-order valence-corrected chi connectivity index (χ4v) is 42.4. The second kappa shape index (κ2) is 13.7. The molecule has 4 aliphatic rings. The number of allylic oxidation sites excluding steroid dienone is 2. The third-order valence-electron chi connectivity index (χ3n) is 13.5. The fourth-order valence-electron chi connectivity index (χ4n) is 10.4. The van der Waals surface area contributed by atoms with Crippen LogP contribution in [0.15, 0.2) is 71.8 Å². The molecule has 2 saturated carbocycles. The molecule has 3 atom stereocenters. The molecule has 0 heterocycles. The molecule has 48 heavy (non-hydrogen) atoms. The molecule has 4 aliphatic carbocycles. The molecule has 2 fully saturated rings. The van der Waals surface area contributed by atoms with Crippen molar-refractivity contribution >= 4 is 35.1 Å². The maximum atomic E-state index is 8.76. The molecule has 3 aromatic carbocycles. The van der Waals surface area contributed by atoms with Crippen molar-refractivity contribution in [3.05, 3.63) is 105 Å². The van der Waals surface area contributed by atoms with Crippen LogP contribution in [0.5, 0.6) is 0 Å². The van der Waals surface area contributed by atoms with Gasteiger partial charge in [0.15, 0.2) is 0 Å². The van der Waals surface area contributed by atoms with Crippen molar-refractivity contribution in [1.29, 1.82) is 0 Å². The van der Waals surface area contributed by atoms with Gasteiger partial charge < -0.3 is 0 Å². The quantitative estimate of drug-likeness (QED) is 0.200. The molecule has 0 nitrogen and oxygen atoms in total. The van der Waals surface area contributed by atoms with E-state index in [0.29, 0.717) is 11.8 Å². The predicted octanol–water partition coefficient (Wildman–Crippen LogP) is 14.3. The van der Waals surface area contributed by atoms with E-state index in [4.69, 9.17) is 17.0 Å². The molecule has 3 unspecified atom stereocenters. The number of benzene rings is 3. The summed E-state index contributed by atoms with van der Waals surface area (Å²) in [4.78, 5) is 0. The van der Waals surface area contributed by atoms with Crippen molar-refractivity contribution in [3.8, 4) is 11.1 Å². The van der Waals surface area contributed by atoms with Crippen LogP contribution in [0.2, 0.25) is 13.1 Å². The van der Waals surface area contributed by atoms with Crippen molar-refractivity contribution in [3.63, 3.8) is 0 Å². The first kappa shape index (κ1) is 35.2. The molecule has 0 N–H and O–H groups in total. The van der Waals surface area contributed by atoms with Gasteiger partial charge in [-0.15, -0.1) is 0 Å². The molecular weight excluding hydrogens is 719 g/mol. The van der Waals surface area contributed by atoms with E-state index in [0.717, 1.165) is 18.3 Å². The molecule has 0 aromatic heterocycles. The average Bonchev–Trinajstić information content (AvgIpc) is 3.67. The van der Waals surface area contributed by atoms with Crippen LogP contribution in [0, 0.1) is 11.8 Å². The molecule has 7 rings (SSSR count). The monoisotopic (exact) mass is 773 g/mol. The molecule has 4 heteroatoms. The third kappa shape index (κ3) is 5.90. The van der Waals surface area contributed by atoms with E-state index in [1.807, 2.05) is 0 Å². The second-order valence-electron chi connectivity index (χ2n) is 16.7. The zero-order valence-corrected chi connectivity index (χ0v) is 35.4. The van der Waals surface area contributed by atoms with E-state index < -0.39 is 21.5 Å². The minimum absolute atomic E-state index is 0.145. The summed E-state index contributed by atoms with van der Waals surface area (Å²) < 4.78 is 0.337. The van der Waals surface area contributed by atoms with E-state index in [-0.39, 0.29) is 7.25 Å². The van der Waals surface area contributed by atoms with Crippen LogP contribution in [-0.2, 0) is 15.6 Å². The summed E-state index contributed by atoms with van der Waals surface area (Å²) in [7, 11) is 17.5. The number of rotatable bonds is 8. The van der Waals surface area contributed by atoms with Gasteiger partial charge >= 0.3 is 303 Å². The Balaban J connectivity index is 1.35. The Labute approximate surface area is 300 Å². The van der Waals surface area contributed by atoms with Crippen molar-refractivity contribution in [1.82, 2.24) is 0 Å². The van der Waals surface area contributed by atoms with E-state index in [1.54, 1.807) is 5.57 Å². The Kier molecular flexibility index (Phi) is 10.1. The molecular formula is C44H57Cl2SiZr. The van der Waals surface area contributed by atoms with Gasteiger partial charge in [0.2, 0.25) is 0 Å². The van der Waals surface area contributed by atoms with E-state index in [2.05, 4.69) is 114 Å². The standard InChI is InChI=1S/C22H23.C20H27.C2H7Si.2ClH.Zr/c1-16-14-20-8-5-9-21(22(20)15-16)19-12-10-18(11-13-19)17-6-3-2-4-7-17;1-4-15(3)19-7-5-6-17-12-18(13-20(17)19)16-10-8-14(2)9-11-16;1-3-2;;;/h5,8-15,17H,2-4,6-7H2,1H3;5-7,12-16H,4,8-11H2,1-3H3;3H,1-2H3;2*1H;/q;;;;;+2/p-2. The molecule has 0 spiro atoms. The maximum absolute atomic E-state index is 8.76. The zero-order valence-electron chi connectivity index (χ0n) is 30.3. The number of hydrogen-bond acceptors (Lipinski definition) is 0. The number of halogens is 2. The van der Waals surface area contributed by atoms with Crippen LogP contribution in [0.3, 0.4) is 0 Å². The zero-order chi connectivity index (χ0) is 33.8. The van der Waals surface area contributed by atoms with Crippen molar-refractivity contribution in [2.45, 2.75) is 124 Å². The Morgan fingerprint density at radius 2 is 1.40 bits per heavy atom. The molecule has 0 amide bonds. The van der Waals surface area contributed by atoms with Crippen LogP contribution in [-0.4, -0.2) is 5.92 Å². The van der Waals surface area contributed by atoms with E-state index >= 15 is 0 Å². The SMILES string of the molecule is CCC(C)c1cccc2c1C=C(C1CCC(C)CC1)[CH]2[Zr]([Cl])([Cl])([CH]1C(C)=Cc2c(-c3ccc(C4CCCCC4)cc3)cccc21)[SiH](C)C. The van der Waals surface area contributed by atoms with Gasteiger partial charge in [-0.1, -0.05) is 0 Å². The van der Waals surface area contributed by atoms with Gasteiger partial charge in [0, 0.05) is 0 Å². The molecule has 0 radical (unpaired) electrons. The Morgan fingerprint density at radius 1 is 0.750 bits per heavy atom. The summed E-state index contributed by atoms with van der Waals surface area (Å²) in [6.45, 7) is 14.5. The van der Waals surface area contributed by atoms with Crippen LogP contribution < -0.4 is 0 Å². The molecule has 3 aromatic rings. The Bertz CT molecular complexity index is 1720. The van der Waals surface area contributed by atoms with Gasteiger partial charge in [-0.3, -0.25) is 0 Å². The van der Waals surface area contributed by atoms with Crippen LogP contribution >= 0.6 is 17.0 Å². The molecule has 255 valence electrons. The first-order valence-electron chi connectivity index (χ1n) is 19.4. The van der Waals surface area contributed by atoms with Crippen LogP contribution in [0.4, 0.5) is 0 Å². The fraction of sp³-hybridized carbons (Fsp3) is 0.500. The number of fused-ring (bicyclic) bond motifs is 2. The van der Waals surface area contributed by atoms with Crippen molar-refractivity contribution in [2.75, 3.05) is 0 Å². The summed E-state index contributed by atoms with van der Waals surface area (Å²) in [6, 6.07) is 23.7. The number of hydrogen-bond donors (Lipinski definition) is 0. The normalized spacial score (nSPS) is 26.0. The third-order valence-corrected chi connectivity index (χ3v) is 65.5. The second-order valence-corrected chi connectivity index (χ2v) is 59.2. The van der Waals surface area contributed by atoms with Gasteiger partial charge in [0.05, 0.1) is 0 Å². The summed E-state index contributed by atoms with van der Waals surface area (Å²) in [5.41, 5.74) is 14.4. The van der Waals surface area contributed by atoms with Gasteiger partial charge in [0.25, 0.3) is 0 Å². The topological polar surface area (TPSA) is 0 Å². The Morgan fingerprint density at radius 3 is 2.04 bits per heavy atom. The van der Waals surface area contributed by atoms with Crippen LogP contribution in [0.1, 0.15) is 144 Å².